The van der Waals surface area contributed by atoms with Crippen molar-refractivity contribution >= 4 is 52.1 Å². The maximum Gasteiger partial charge on any atom is 0.293 e. The lowest BCUT2D eigenvalue weighted by Gasteiger charge is -2.10. The Kier molecular flexibility index (Phi) is 5.85. The summed E-state index contributed by atoms with van der Waals surface area (Å²) in [5.41, 5.74) is 1.73. The van der Waals surface area contributed by atoms with Gasteiger partial charge in [-0.1, -0.05) is 17.7 Å². The normalized spacial score (nSPS) is 10.1. The minimum absolute atomic E-state index is 0.132. The molecule has 2 amide bonds. The minimum Gasteiger partial charge on any atom is -0.459 e. The third-order valence-electron chi connectivity index (χ3n) is 3.46. The summed E-state index contributed by atoms with van der Waals surface area (Å²) in [5, 5.41) is 8.79. The molecule has 136 valence electrons. The first-order valence-corrected chi connectivity index (χ1v) is 8.63. The lowest BCUT2D eigenvalue weighted by atomic mass is 10.2. The highest BCUT2D eigenvalue weighted by molar-refractivity contribution is 7.80. The number of hydrogen-bond donors (Lipinski definition) is 3. The number of hydrogen-bond acceptors (Lipinski definition) is 4. The van der Waals surface area contributed by atoms with Gasteiger partial charge in [0, 0.05) is 22.0 Å². The number of nitrogens with one attached hydrogen (secondary N) is 3. The van der Waals surface area contributed by atoms with Crippen molar-refractivity contribution in [1.82, 2.24) is 5.32 Å². The molecule has 0 aliphatic carbocycles. The van der Waals surface area contributed by atoms with E-state index in [2.05, 4.69) is 16.0 Å². The molecule has 8 heteroatoms. The molecule has 0 bridgehead atoms. The molecule has 2 aromatic carbocycles. The van der Waals surface area contributed by atoms with Gasteiger partial charge in [0.1, 0.15) is 0 Å². The Morgan fingerprint density at radius 1 is 0.889 bits per heavy atom. The number of rotatable bonds is 4. The standard InChI is InChI=1S/C19H14ClN3O3S/c20-13-4-1-3-12(11-13)17(24)21-14-6-8-15(9-7-14)22-19(27)23-18(25)16-5-2-10-26-16/h1-11H,(H,21,24)(H2,22,23,25,27). The van der Waals surface area contributed by atoms with Crippen molar-refractivity contribution in [3.05, 3.63) is 83.3 Å². The van der Waals surface area contributed by atoms with Crippen molar-refractivity contribution in [2.75, 3.05) is 10.6 Å². The van der Waals surface area contributed by atoms with Crippen molar-refractivity contribution < 1.29 is 14.0 Å². The molecule has 0 aliphatic heterocycles. The van der Waals surface area contributed by atoms with Crippen LogP contribution in [0, 0.1) is 0 Å². The number of benzene rings is 2. The van der Waals surface area contributed by atoms with E-state index in [9.17, 15) is 9.59 Å². The van der Waals surface area contributed by atoms with Gasteiger partial charge in [0.2, 0.25) is 0 Å². The van der Waals surface area contributed by atoms with E-state index in [0.29, 0.717) is 22.0 Å². The summed E-state index contributed by atoms with van der Waals surface area (Å²) in [6.07, 6.45) is 1.40. The van der Waals surface area contributed by atoms with Crippen molar-refractivity contribution in [3.8, 4) is 0 Å². The Labute approximate surface area is 165 Å². The van der Waals surface area contributed by atoms with Gasteiger partial charge >= 0.3 is 0 Å². The molecule has 1 heterocycles. The van der Waals surface area contributed by atoms with Gasteiger partial charge in [0.05, 0.1) is 6.26 Å². The van der Waals surface area contributed by atoms with Crippen LogP contribution in [0.4, 0.5) is 11.4 Å². The Morgan fingerprint density at radius 2 is 1.59 bits per heavy atom. The van der Waals surface area contributed by atoms with Gasteiger partial charge in [-0.15, -0.1) is 0 Å². The van der Waals surface area contributed by atoms with Gasteiger partial charge in [-0.3, -0.25) is 14.9 Å². The van der Waals surface area contributed by atoms with E-state index in [-0.39, 0.29) is 16.8 Å². The Balaban J connectivity index is 1.56. The summed E-state index contributed by atoms with van der Waals surface area (Å²) in [7, 11) is 0. The Morgan fingerprint density at radius 3 is 2.22 bits per heavy atom. The van der Waals surface area contributed by atoms with E-state index in [1.807, 2.05) is 0 Å². The van der Waals surface area contributed by atoms with Crippen LogP contribution in [0.2, 0.25) is 5.02 Å². The molecular formula is C19H14ClN3O3S. The summed E-state index contributed by atoms with van der Waals surface area (Å²) in [4.78, 5) is 24.1. The van der Waals surface area contributed by atoms with E-state index in [0.717, 1.165) is 0 Å². The predicted octanol–water partition coefficient (Wildman–Crippen LogP) is 4.31. The lowest BCUT2D eigenvalue weighted by Crippen LogP contribution is -2.33. The number of carbonyl (C=O) groups excluding carboxylic acids is 2. The van der Waals surface area contributed by atoms with E-state index < -0.39 is 5.91 Å². The highest BCUT2D eigenvalue weighted by Crippen LogP contribution is 2.16. The first-order valence-electron chi connectivity index (χ1n) is 7.84. The fourth-order valence-electron chi connectivity index (χ4n) is 2.20. The van der Waals surface area contributed by atoms with E-state index in [4.69, 9.17) is 28.2 Å². The summed E-state index contributed by atoms with van der Waals surface area (Å²) < 4.78 is 4.99. The second kappa shape index (κ2) is 8.48. The average molecular weight is 400 g/mol. The summed E-state index contributed by atoms with van der Waals surface area (Å²) >= 11 is 11.0. The molecule has 0 spiro atoms. The van der Waals surface area contributed by atoms with Crippen LogP contribution >= 0.6 is 23.8 Å². The van der Waals surface area contributed by atoms with Gasteiger partial charge in [-0.2, -0.15) is 0 Å². The number of anilines is 2. The quantitative estimate of drug-likeness (QED) is 0.569. The topological polar surface area (TPSA) is 83.4 Å². The molecule has 3 aromatic rings. The molecule has 0 unspecified atom stereocenters. The van der Waals surface area contributed by atoms with Crippen LogP contribution in [0.3, 0.4) is 0 Å². The predicted molar refractivity (Wildman–Crippen MR) is 108 cm³/mol. The van der Waals surface area contributed by atoms with Crippen LogP contribution in [-0.2, 0) is 0 Å². The maximum atomic E-state index is 12.2. The fourth-order valence-corrected chi connectivity index (χ4v) is 2.61. The molecule has 0 radical (unpaired) electrons. The smallest absolute Gasteiger partial charge is 0.293 e. The van der Waals surface area contributed by atoms with Crippen molar-refractivity contribution in [2.45, 2.75) is 0 Å². The number of furan rings is 1. The molecule has 0 aliphatic rings. The van der Waals surface area contributed by atoms with E-state index in [1.54, 1.807) is 54.6 Å². The molecule has 0 saturated heterocycles. The van der Waals surface area contributed by atoms with Crippen LogP contribution < -0.4 is 16.0 Å². The Hall–Kier alpha value is -3.16. The first-order chi connectivity index (χ1) is 13.0. The third kappa shape index (κ3) is 5.16. The molecule has 27 heavy (non-hydrogen) atoms. The zero-order valence-corrected chi connectivity index (χ0v) is 15.4. The molecule has 3 rings (SSSR count). The SMILES string of the molecule is O=C(Nc1ccc(NC(=S)NC(=O)c2ccco2)cc1)c1cccc(Cl)c1. The molecule has 0 saturated carbocycles. The second-order valence-electron chi connectivity index (χ2n) is 5.43. The molecule has 3 N–H and O–H groups in total. The zero-order valence-electron chi connectivity index (χ0n) is 13.9. The number of carbonyl (C=O) groups is 2. The largest absolute Gasteiger partial charge is 0.459 e. The van der Waals surface area contributed by atoms with E-state index in [1.165, 1.54) is 12.3 Å². The second-order valence-corrected chi connectivity index (χ2v) is 6.27. The van der Waals surface area contributed by atoms with Crippen LogP contribution in [-0.4, -0.2) is 16.9 Å². The molecule has 0 fully saturated rings. The number of thiocarbonyl (C=S) groups is 1. The average Bonchev–Trinajstić information content (AvgIpc) is 3.18. The first kappa shape index (κ1) is 18.6. The highest BCUT2D eigenvalue weighted by atomic mass is 35.5. The molecule has 1 aromatic heterocycles. The van der Waals surface area contributed by atoms with Gasteiger partial charge in [0.25, 0.3) is 11.8 Å². The van der Waals surface area contributed by atoms with Crippen molar-refractivity contribution in [3.63, 3.8) is 0 Å². The van der Waals surface area contributed by atoms with E-state index >= 15 is 0 Å². The van der Waals surface area contributed by atoms with Crippen molar-refractivity contribution in [1.29, 1.82) is 0 Å². The summed E-state index contributed by atoms with van der Waals surface area (Å²) in [6, 6.07) is 16.7. The highest BCUT2D eigenvalue weighted by Gasteiger charge is 2.10. The lowest BCUT2D eigenvalue weighted by molar-refractivity contribution is 0.0950. The van der Waals surface area contributed by atoms with Gasteiger partial charge in [-0.25, -0.2) is 0 Å². The van der Waals surface area contributed by atoms with Crippen LogP contribution in [0.25, 0.3) is 0 Å². The Bertz CT molecular complexity index is 972. The third-order valence-corrected chi connectivity index (χ3v) is 3.90. The molecule has 0 atom stereocenters. The summed E-state index contributed by atoms with van der Waals surface area (Å²) in [6.45, 7) is 0. The minimum atomic E-state index is -0.442. The number of amides is 2. The van der Waals surface area contributed by atoms with Crippen LogP contribution in [0.15, 0.2) is 71.3 Å². The zero-order chi connectivity index (χ0) is 19.2. The molecule has 6 nitrogen and oxygen atoms in total. The summed E-state index contributed by atoms with van der Waals surface area (Å²) in [5.74, 6) is -0.541. The maximum absolute atomic E-state index is 12.2. The van der Waals surface area contributed by atoms with Crippen molar-refractivity contribution in [2.24, 2.45) is 0 Å². The van der Waals surface area contributed by atoms with Gasteiger partial charge in [0.15, 0.2) is 10.9 Å². The van der Waals surface area contributed by atoms with Gasteiger partial charge in [-0.05, 0) is 66.8 Å². The fraction of sp³-hybridized carbons (Fsp3) is 0. The monoisotopic (exact) mass is 399 g/mol. The van der Waals surface area contributed by atoms with Crippen LogP contribution in [0.5, 0.6) is 0 Å². The van der Waals surface area contributed by atoms with Crippen LogP contribution in [0.1, 0.15) is 20.9 Å². The number of halogens is 1. The van der Waals surface area contributed by atoms with Gasteiger partial charge < -0.3 is 15.1 Å². The molecular weight excluding hydrogens is 386 g/mol.